The van der Waals surface area contributed by atoms with Gasteiger partial charge in [-0.05, 0) is 39.0 Å². The van der Waals surface area contributed by atoms with Crippen molar-refractivity contribution in [1.82, 2.24) is 15.3 Å². The third-order valence-corrected chi connectivity index (χ3v) is 3.74. The summed E-state index contributed by atoms with van der Waals surface area (Å²) in [6.45, 7) is 5.74. The van der Waals surface area contributed by atoms with Crippen molar-refractivity contribution in [2.45, 2.75) is 26.3 Å². The van der Waals surface area contributed by atoms with E-state index in [1.54, 1.807) is 24.3 Å². The minimum absolute atomic E-state index is 0.266. The van der Waals surface area contributed by atoms with Crippen molar-refractivity contribution in [1.29, 1.82) is 5.26 Å². The molecule has 6 nitrogen and oxygen atoms in total. The molecule has 0 radical (unpaired) electrons. The molecule has 0 aliphatic rings. The van der Waals surface area contributed by atoms with E-state index in [9.17, 15) is 4.79 Å². The Bertz CT molecular complexity index is 1030. The molecule has 0 saturated heterocycles. The van der Waals surface area contributed by atoms with Gasteiger partial charge in [-0.25, -0.2) is 9.97 Å². The summed E-state index contributed by atoms with van der Waals surface area (Å²) in [6.07, 6.45) is 0. The Hall–Kier alpha value is -3.72. The van der Waals surface area contributed by atoms with E-state index < -0.39 is 0 Å². The van der Waals surface area contributed by atoms with E-state index in [4.69, 9.17) is 5.26 Å². The number of rotatable bonds is 4. The zero-order chi connectivity index (χ0) is 20.1. The number of hydrogen-bond donors (Lipinski definition) is 2. The summed E-state index contributed by atoms with van der Waals surface area (Å²) in [7, 11) is 0. The molecule has 3 rings (SSSR count). The predicted molar refractivity (Wildman–Crippen MR) is 109 cm³/mol. The molecule has 0 unspecified atom stereocenters. The van der Waals surface area contributed by atoms with E-state index in [1.807, 2.05) is 57.2 Å². The van der Waals surface area contributed by atoms with E-state index in [0.717, 1.165) is 5.56 Å². The fourth-order valence-electron chi connectivity index (χ4n) is 2.56. The van der Waals surface area contributed by atoms with Gasteiger partial charge in [0.05, 0.1) is 11.6 Å². The highest BCUT2D eigenvalue weighted by molar-refractivity contribution is 5.94. The Kier molecular flexibility index (Phi) is 5.37. The molecule has 0 saturated carbocycles. The summed E-state index contributed by atoms with van der Waals surface area (Å²) in [5, 5.41) is 15.2. The molecule has 0 spiro atoms. The average molecular weight is 371 g/mol. The number of carbonyl (C=O) groups is 1. The average Bonchev–Trinajstić information content (AvgIpc) is 2.67. The van der Waals surface area contributed by atoms with E-state index in [-0.39, 0.29) is 17.1 Å². The third-order valence-electron chi connectivity index (χ3n) is 3.74. The summed E-state index contributed by atoms with van der Waals surface area (Å²) in [6, 6.07) is 20.3. The lowest BCUT2D eigenvalue weighted by Gasteiger charge is -2.20. The van der Waals surface area contributed by atoms with Gasteiger partial charge in [0.2, 0.25) is 0 Å². The van der Waals surface area contributed by atoms with Crippen LogP contribution in [0.15, 0.2) is 60.7 Å². The smallest absolute Gasteiger partial charge is 0.270 e. The van der Waals surface area contributed by atoms with Gasteiger partial charge < -0.3 is 10.6 Å². The van der Waals surface area contributed by atoms with E-state index in [2.05, 4.69) is 26.7 Å². The van der Waals surface area contributed by atoms with Gasteiger partial charge in [-0.15, -0.1) is 0 Å². The van der Waals surface area contributed by atoms with Gasteiger partial charge >= 0.3 is 0 Å². The molecule has 0 bridgehead atoms. The molecule has 2 N–H and O–H groups in total. The minimum atomic E-state index is -0.385. The van der Waals surface area contributed by atoms with Gasteiger partial charge in [0, 0.05) is 22.9 Å². The minimum Gasteiger partial charge on any atom is -0.346 e. The van der Waals surface area contributed by atoms with E-state index >= 15 is 0 Å². The molecule has 0 aliphatic carbocycles. The molecule has 140 valence electrons. The molecule has 0 atom stereocenters. The van der Waals surface area contributed by atoms with Crippen LogP contribution in [0.2, 0.25) is 0 Å². The Balaban J connectivity index is 2.02. The first-order valence-corrected chi connectivity index (χ1v) is 8.88. The van der Waals surface area contributed by atoms with Crippen LogP contribution >= 0.6 is 0 Å². The van der Waals surface area contributed by atoms with Crippen molar-refractivity contribution >= 4 is 17.4 Å². The lowest BCUT2D eigenvalue weighted by molar-refractivity contribution is 0.0914. The summed E-state index contributed by atoms with van der Waals surface area (Å²) in [4.78, 5) is 21.7. The molecule has 1 amide bonds. The molecule has 0 aliphatic heterocycles. The first kappa shape index (κ1) is 19.1. The monoisotopic (exact) mass is 371 g/mol. The van der Waals surface area contributed by atoms with Gasteiger partial charge in [0.1, 0.15) is 11.5 Å². The maximum Gasteiger partial charge on any atom is 0.270 e. The zero-order valence-electron chi connectivity index (χ0n) is 16.0. The van der Waals surface area contributed by atoms with Crippen LogP contribution in [0.4, 0.5) is 11.5 Å². The normalized spacial score (nSPS) is 10.8. The Morgan fingerprint density at radius 1 is 1.00 bits per heavy atom. The van der Waals surface area contributed by atoms with Crippen LogP contribution in [0.1, 0.15) is 36.8 Å². The first-order chi connectivity index (χ1) is 13.3. The van der Waals surface area contributed by atoms with Crippen molar-refractivity contribution < 1.29 is 4.79 Å². The zero-order valence-corrected chi connectivity index (χ0v) is 16.0. The molecule has 28 heavy (non-hydrogen) atoms. The van der Waals surface area contributed by atoms with Gasteiger partial charge in [-0.1, -0.05) is 36.4 Å². The molecule has 1 heterocycles. The first-order valence-electron chi connectivity index (χ1n) is 8.88. The highest BCUT2D eigenvalue weighted by atomic mass is 16.2. The van der Waals surface area contributed by atoms with Crippen LogP contribution in [0.5, 0.6) is 0 Å². The molecule has 3 aromatic rings. The van der Waals surface area contributed by atoms with Crippen LogP contribution in [-0.4, -0.2) is 21.4 Å². The third kappa shape index (κ3) is 4.92. The van der Waals surface area contributed by atoms with E-state index in [1.165, 1.54) is 0 Å². The van der Waals surface area contributed by atoms with Gasteiger partial charge in [0.25, 0.3) is 5.91 Å². The fourth-order valence-corrected chi connectivity index (χ4v) is 2.56. The molecular formula is C22H21N5O. The van der Waals surface area contributed by atoms with Crippen molar-refractivity contribution in [2.24, 2.45) is 0 Å². The van der Waals surface area contributed by atoms with Crippen LogP contribution < -0.4 is 10.6 Å². The summed E-state index contributed by atoms with van der Waals surface area (Å²) in [5.41, 5.74) is 1.93. The highest BCUT2D eigenvalue weighted by Gasteiger charge is 2.18. The number of anilines is 2. The van der Waals surface area contributed by atoms with Crippen LogP contribution in [0.25, 0.3) is 11.4 Å². The number of carbonyl (C=O) groups excluding carboxylic acids is 1. The summed E-state index contributed by atoms with van der Waals surface area (Å²) >= 11 is 0. The van der Waals surface area contributed by atoms with Gasteiger partial charge in [-0.3, -0.25) is 4.79 Å². The van der Waals surface area contributed by atoms with E-state index in [0.29, 0.717) is 22.9 Å². The number of aromatic nitrogens is 2. The van der Waals surface area contributed by atoms with Gasteiger partial charge in [0.15, 0.2) is 5.82 Å². The molecular weight excluding hydrogens is 350 g/mol. The standard InChI is InChI=1S/C22H21N5O/c1-22(2,3)27-21(28)18-13-19(24-17-11-7-8-15(12-17)14-23)26-20(25-18)16-9-5-4-6-10-16/h4-13H,1-3H3,(H,27,28)(H,24,25,26). The molecule has 1 aromatic heterocycles. The molecule has 2 aromatic carbocycles. The SMILES string of the molecule is CC(C)(C)NC(=O)c1cc(Nc2cccc(C#N)c2)nc(-c2ccccc2)n1. The summed E-state index contributed by atoms with van der Waals surface area (Å²) < 4.78 is 0. The van der Waals surface area contributed by atoms with Crippen molar-refractivity contribution in [2.75, 3.05) is 5.32 Å². The van der Waals surface area contributed by atoms with Crippen molar-refractivity contribution in [3.05, 3.63) is 71.9 Å². The number of nitriles is 1. The number of amides is 1. The van der Waals surface area contributed by atoms with Crippen LogP contribution in [-0.2, 0) is 0 Å². The molecule has 0 fully saturated rings. The Morgan fingerprint density at radius 2 is 1.75 bits per heavy atom. The maximum atomic E-state index is 12.7. The number of benzene rings is 2. The van der Waals surface area contributed by atoms with Crippen LogP contribution in [0, 0.1) is 11.3 Å². The van der Waals surface area contributed by atoms with Crippen molar-refractivity contribution in [3.8, 4) is 17.5 Å². The predicted octanol–water partition coefficient (Wildman–Crippen LogP) is 4.29. The fraction of sp³-hybridized carbons (Fsp3) is 0.182. The largest absolute Gasteiger partial charge is 0.346 e. The van der Waals surface area contributed by atoms with Crippen molar-refractivity contribution in [3.63, 3.8) is 0 Å². The second-order valence-electron chi connectivity index (χ2n) is 7.35. The number of nitrogens with zero attached hydrogens (tertiary/aromatic N) is 3. The summed E-state index contributed by atoms with van der Waals surface area (Å²) in [5.74, 6) is 0.644. The number of hydrogen-bond acceptors (Lipinski definition) is 5. The maximum absolute atomic E-state index is 12.7. The lowest BCUT2D eigenvalue weighted by Crippen LogP contribution is -2.41. The Morgan fingerprint density at radius 3 is 2.43 bits per heavy atom. The van der Waals surface area contributed by atoms with Crippen LogP contribution in [0.3, 0.4) is 0 Å². The number of nitrogens with one attached hydrogen (secondary N) is 2. The lowest BCUT2D eigenvalue weighted by atomic mass is 10.1. The Labute approximate surface area is 164 Å². The second-order valence-corrected chi connectivity index (χ2v) is 7.35. The highest BCUT2D eigenvalue weighted by Crippen LogP contribution is 2.21. The molecule has 6 heteroatoms. The van der Waals surface area contributed by atoms with Gasteiger partial charge in [-0.2, -0.15) is 5.26 Å². The topological polar surface area (TPSA) is 90.7 Å². The second kappa shape index (κ2) is 7.89. The quantitative estimate of drug-likeness (QED) is 0.714.